The van der Waals surface area contributed by atoms with Crippen molar-refractivity contribution in [1.29, 1.82) is 0 Å². The van der Waals surface area contributed by atoms with E-state index in [9.17, 15) is 0 Å². The minimum absolute atomic E-state index is 0.613. The first-order valence-corrected chi connectivity index (χ1v) is 3.67. The van der Waals surface area contributed by atoms with Crippen LogP contribution < -0.4 is 11.1 Å². The van der Waals surface area contributed by atoms with Crippen molar-refractivity contribution in [2.75, 3.05) is 12.3 Å². The molecule has 3 N–H and O–H groups in total. The molecule has 1 aliphatic heterocycles. The summed E-state index contributed by atoms with van der Waals surface area (Å²) in [6, 6.07) is 0. The number of nitrogen functional groups attached to an aromatic ring is 1. The lowest BCUT2D eigenvalue weighted by Gasteiger charge is -2.15. The monoisotopic (exact) mass is 150 g/mol. The van der Waals surface area contributed by atoms with Crippen LogP contribution in [0.3, 0.4) is 0 Å². The Morgan fingerprint density at radius 2 is 2.36 bits per heavy atom. The first-order chi connectivity index (χ1) is 5.38. The molecule has 1 aliphatic rings. The zero-order valence-electron chi connectivity index (χ0n) is 6.17. The van der Waals surface area contributed by atoms with E-state index in [0.29, 0.717) is 5.82 Å². The highest BCUT2D eigenvalue weighted by atomic mass is 15.0. The van der Waals surface area contributed by atoms with Crippen molar-refractivity contribution in [3.05, 3.63) is 17.6 Å². The SMILES string of the molecule is Nc1ncnc2c1CNCC2. The molecule has 0 atom stereocenters. The van der Waals surface area contributed by atoms with E-state index in [2.05, 4.69) is 15.3 Å². The molecule has 4 heteroatoms. The summed E-state index contributed by atoms with van der Waals surface area (Å²) < 4.78 is 0. The van der Waals surface area contributed by atoms with Gasteiger partial charge in [0, 0.05) is 25.1 Å². The fourth-order valence-corrected chi connectivity index (χ4v) is 1.29. The van der Waals surface area contributed by atoms with Crippen LogP contribution in [-0.4, -0.2) is 16.5 Å². The molecule has 0 unspecified atom stereocenters. The topological polar surface area (TPSA) is 63.8 Å². The molecule has 0 saturated carbocycles. The Labute approximate surface area is 64.8 Å². The van der Waals surface area contributed by atoms with Gasteiger partial charge in [0.2, 0.25) is 0 Å². The maximum absolute atomic E-state index is 5.65. The first-order valence-electron chi connectivity index (χ1n) is 3.67. The third-order valence-corrected chi connectivity index (χ3v) is 1.91. The van der Waals surface area contributed by atoms with Crippen molar-refractivity contribution in [2.45, 2.75) is 13.0 Å². The van der Waals surface area contributed by atoms with Crippen LogP contribution in [0.25, 0.3) is 0 Å². The first kappa shape index (κ1) is 6.54. The Morgan fingerprint density at radius 1 is 1.45 bits per heavy atom. The number of hydrogen-bond acceptors (Lipinski definition) is 4. The van der Waals surface area contributed by atoms with E-state index in [0.717, 1.165) is 30.8 Å². The standard InChI is InChI=1S/C7H10N4/c8-7-5-3-9-2-1-6(5)10-4-11-7/h4,9H,1-3H2,(H2,8,10,11). The minimum atomic E-state index is 0.613. The van der Waals surface area contributed by atoms with E-state index in [1.54, 1.807) is 0 Å². The van der Waals surface area contributed by atoms with Gasteiger partial charge in [-0.2, -0.15) is 0 Å². The summed E-state index contributed by atoms with van der Waals surface area (Å²) in [5, 5.41) is 3.22. The number of rotatable bonds is 0. The van der Waals surface area contributed by atoms with Gasteiger partial charge in [-0.05, 0) is 0 Å². The summed E-state index contributed by atoms with van der Waals surface area (Å²) in [4.78, 5) is 8.07. The molecule has 1 aromatic heterocycles. The number of nitrogens with two attached hydrogens (primary N) is 1. The van der Waals surface area contributed by atoms with E-state index in [4.69, 9.17) is 5.73 Å². The lowest BCUT2D eigenvalue weighted by atomic mass is 10.1. The van der Waals surface area contributed by atoms with E-state index >= 15 is 0 Å². The molecule has 0 bridgehead atoms. The van der Waals surface area contributed by atoms with Crippen molar-refractivity contribution in [1.82, 2.24) is 15.3 Å². The van der Waals surface area contributed by atoms with Gasteiger partial charge in [-0.15, -0.1) is 0 Å². The largest absolute Gasteiger partial charge is 0.383 e. The zero-order valence-corrected chi connectivity index (χ0v) is 6.17. The average Bonchev–Trinajstić information content (AvgIpc) is 2.06. The summed E-state index contributed by atoms with van der Waals surface area (Å²) in [7, 11) is 0. The van der Waals surface area contributed by atoms with Gasteiger partial charge < -0.3 is 11.1 Å². The van der Waals surface area contributed by atoms with E-state index in [1.165, 1.54) is 6.33 Å². The maximum Gasteiger partial charge on any atom is 0.131 e. The highest BCUT2D eigenvalue weighted by molar-refractivity contribution is 5.42. The fourth-order valence-electron chi connectivity index (χ4n) is 1.29. The summed E-state index contributed by atoms with van der Waals surface area (Å²) in [6.45, 7) is 1.80. The summed E-state index contributed by atoms with van der Waals surface area (Å²) in [6.07, 6.45) is 2.49. The molecule has 0 aromatic carbocycles. The summed E-state index contributed by atoms with van der Waals surface area (Å²) >= 11 is 0. The van der Waals surface area contributed by atoms with Crippen LogP contribution in [0, 0.1) is 0 Å². The number of nitrogens with zero attached hydrogens (tertiary/aromatic N) is 2. The van der Waals surface area contributed by atoms with Gasteiger partial charge in [0.25, 0.3) is 0 Å². The van der Waals surface area contributed by atoms with Crippen LogP contribution in [0.2, 0.25) is 0 Å². The second-order valence-electron chi connectivity index (χ2n) is 2.61. The molecule has 1 aromatic rings. The van der Waals surface area contributed by atoms with Crippen LogP contribution in [0.15, 0.2) is 6.33 Å². The van der Waals surface area contributed by atoms with Gasteiger partial charge in [0.05, 0.1) is 5.69 Å². The lowest BCUT2D eigenvalue weighted by Crippen LogP contribution is -2.25. The Hall–Kier alpha value is -1.16. The van der Waals surface area contributed by atoms with Gasteiger partial charge >= 0.3 is 0 Å². The van der Waals surface area contributed by atoms with Gasteiger partial charge in [0.15, 0.2) is 0 Å². The number of aromatic nitrogens is 2. The molecule has 0 radical (unpaired) electrons. The van der Waals surface area contributed by atoms with Crippen LogP contribution in [0.1, 0.15) is 11.3 Å². The van der Waals surface area contributed by atoms with Gasteiger partial charge in [-0.25, -0.2) is 9.97 Å². The maximum atomic E-state index is 5.65. The summed E-state index contributed by atoms with van der Waals surface area (Å²) in [5.74, 6) is 0.613. The third-order valence-electron chi connectivity index (χ3n) is 1.91. The quantitative estimate of drug-likeness (QED) is 0.533. The summed E-state index contributed by atoms with van der Waals surface area (Å²) in [5.41, 5.74) is 7.81. The van der Waals surface area contributed by atoms with Gasteiger partial charge in [0.1, 0.15) is 12.1 Å². The Morgan fingerprint density at radius 3 is 3.18 bits per heavy atom. The molecule has 2 heterocycles. The van der Waals surface area contributed by atoms with Gasteiger partial charge in [-0.1, -0.05) is 0 Å². The van der Waals surface area contributed by atoms with Crippen molar-refractivity contribution in [3.63, 3.8) is 0 Å². The van der Waals surface area contributed by atoms with Crippen LogP contribution in [0.4, 0.5) is 5.82 Å². The number of fused-ring (bicyclic) bond motifs is 1. The number of nitrogens with one attached hydrogen (secondary N) is 1. The predicted molar refractivity (Wildman–Crippen MR) is 41.9 cm³/mol. The highest BCUT2D eigenvalue weighted by Gasteiger charge is 2.12. The van der Waals surface area contributed by atoms with Crippen molar-refractivity contribution in [2.24, 2.45) is 0 Å². The van der Waals surface area contributed by atoms with E-state index in [1.807, 2.05) is 0 Å². The third kappa shape index (κ3) is 1.05. The average molecular weight is 150 g/mol. The second-order valence-corrected chi connectivity index (χ2v) is 2.61. The van der Waals surface area contributed by atoms with E-state index in [-0.39, 0.29) is 0 Å². The second kappa shape index (κ2) is 2.47. The molecule has 0 aliphatic carbocycles. The molecular formula is C7H10N4. The Balaban J connectivity index is 2.49. The zero-order chi connectivity index (χ0) is 7.68. The smallest absolute Gasteiger partial charge is 0.131 e. The normalized spacial score (nSPS) is 16.0. The fraction of sp³-hybridized carbons (Fsp3) is 0.429. The Bertz CT molecular complexity index is 271. The van der Waals surface area contributed by atoms with Gasteiger partial charge in [-0.3, -0.25) is 0 Å². The molecule has 58 valence electrons. The van der Waals surface area contributed by atoms with Crippen molar-refractivity contribution < 1.29 is 0 Å². The highest BCUT2D eigenvalue weighted by Crippen LogP contribution is 2.14. The van der Waals surface area contributed by atoms with Crippen molar-refractivity contribution in [3.8, 4) is 0 Å². The van der Waals surface area contributed by atoms with E-state index < -0.39 is 0 Å². The Kier molecular flexibility index (Phi) is 1.47. The molecule has 11 heavy (non-hydrogen) atoms. The lowest BCUT2D eigenvalue weighted by molar-refractivity contribution is 0.628. The van der Waals surface area contributed by atoms with Crippen molar-refractivity contribution >= 4 is 5.82 Å². The predicted octanol–water partition coefficient (Wildman–Crippen LogP) is -0.296. The molecule has 0 spiro atoms. The van der Waals surface area contributed by atoms with Crippen LogP contribution in [0.5, 0.6) is 0 Å². The van der Waals surface area contributed by atoms with Crippen LogP contribution in [-0.2, 0) is 13.0 Å². The number of hydrogen-bond donors (Lipinski definition) is 2. The number of anilines is 1. The molecule has 0 amide bonds. The molecule has 0 saturated heterocycles. The molecule has 4 nitrogen and oxygen atoms in total. The molecule has 2 rings (SSSR count). The van der Waals surface area contributed by atoms with Crippen LogP contribution >= 0.6 is 0 Å². The molecular weight excluding hydrogens is 140 g/mol. The molecule has 0 fully saturated rings. The minimum Gasteiger partial charge on any atom is -0.383 e.